The number of hydroxylamine groups is 2. The van der Waals surface area contributed by atoms with Crippen LogP contribution in [-0.4, -0.2) is 43.1 Å². The van der Waals surface area contributed by atoms with Crippen molar-refractivity contribution in [2.75, 3.05) is 0 Å². The maximum atomic E-state index is 13.4. The highest BCUT2D eigenvalue weighted by molar-refractivity contribution is 5.96. The number of hydrogen-bond donors (Lipinski definition) is 2. The molecule has 1 fully saturated rings. The van der Waals surface area contributed by atoms with Gasteiger partial charge in [0.2, 0.25) is 0 Å². The molecule has 1 aliphatic rings. The predicted octanol–water partition coefficient (Wildman–Crippen LogP) is 4.99. The summed E-state index contributed by atoms with van der Waals surface area (Å²) in [6.07, 6.45) is 1.31. The summed E-state index contributed by atoms with van der Waals surface area (Å²) in [5.41, 5.74) is 3.22. The van der Waals surface area contributed by atoms with Gasteiger partial charge < -0.3 is 10.5 Å². The predicted molar refractivity (Wildman–Crippen MR) is 126 cm³/mol. The van der Waals surface area contributed by atoms with Crippen molar-refractivity contribution < 1.29 is 10.0 Å². The van der Waals surface area contributed by atoms with Gasteiger partial charge in [-0.3, -0.25) is 4.79 Å². The number of benzene rings is 2. The summed E-state index contributed by atoms with van der Waals surface area (Å²) in [6.45, 7) is 9.94. The molecular weight excluding hydrogens is 400 g/mol. The van der Waals surface area contributed by atoms with Crippen molar-refractivity contribution in [3.05, 3.63) is 71.9 Å². The first-order valence-electron chi connectivity index (χ1n) is 11.1. The van der Waals surface area contributed by atoms with Gasteiger partial charge in [0.05, 0.1) is 11.4 Å². The molecule has 0 aliphatic carbocycles. The van der Waals surface area contributed by atoms with Crippen LogP contribution in [0.2, 0.25) is 0 Å². The quantitative estimate of drug-likeness (QED) is 0.609. The smallest absolute Gasteiger partial charge is 0.272 e. The minimum atomic E-state index is -0.437. The monoisotopic (exact) mass is 432 g/mol. The molecule has 32 heavy (non-hydrogen) atoms. The van der Waals surface area contributed by atoms with Crippen LogP contribution in [0.1, 0.15) is 56.6 Å². The number of carbonyl (C=O) groups is 1. The molecule has 4 rings (SSSR count). The molecule has 6 heteroatoms. The number of piperidine rings is 1. The van der Waals surface area contributed by atoms with E-state index in [2.05, 4.69) is 5.32 Å². The van der Waals surface area contributed by atoms with E-state index in [1.54, 1.807) is 0 Å². The number of nitrogens with zero attached hydrogens (tertiary/aromatic N) is 3. The van der Waals surface area contributed by atoms with Gasteiger partial charge in [0, 0.05) is 28.2 Å². The fourth-order valence-electron chi connectivity index (χ4n) is 5.03. The number of rotatable bonds is 4. The van der Waals surface area contributed by atoms with Gasteiger partial charge in [0.15, 0.2) is 5.69 Å². The first kappa shape index (κ1) is 22.2. The molecule has 3 aromatic rings. The van der Waals surface area contributed by atoms with Gasteiger partial charge >= 0.3 is 0 Å². The maximum Gasteiger partial charge on any atom is 0.272 e. The van der Waals surface area contributed by atoms with Crippen molar-refractivity contribution in [3.8, 4) is 16.9 Å². The topological polar surface area (TPSA) is 70.4 Å². The van der Waals surface area contributed by atoms with E-state index < -0.39 is 11.1 Å². The third-order valence-electron chi connectivity index (χ3n) is 6.36. The lowest BCUT2D eigenvalue weighted by molar-refractivity contribution is -0.245. The van der Waals surface area contributed by atoms with Gasteiger partial charge in [-0.05, 0) is 59.6 Å². The van der Waals surface area contributed by atoms with Crippen LogP contribution in [0.15, 0.2) is 60.7 Å². The molecule has 2 N–H and O–H groups in total. The molecule has 0 bridgehead atoms. The lowest BCUT2D eigenvalue weighted by Crippen LogP contribution is -2.63. The van der Waals surface area contributed by atoms with Crippen molar-refractivity contribution in [1.82, 2.24) is 20.2 Å². The summed E-state index contributed by atoms with van der Waals surface area (Å²) in [6, 6.07) is 19.8. The second-order valence-electron chi connectivity index (χ2n) is 9.95. The van der Waals surface area contributed by atoms with Crippen LogP contribution in [0, 0.1) is 6.92 Å². The Labute approximate surface area is 189 Å². The number of amides is 1. The van der Waals surface area contributed by atoms with Crippen LogP contribution in [0.5, 0.6) is 0 Å². The Kier molecular flexibility index (Phi) is 5.69. The number of nitrogens with one attached hydrogen (secondary N) is 1. The Morgan fingerprint density at radius 3 is 2.06 bits per heavy atom. The standard InChI is InChI=1S/C26H32N4O2/c1-18-22(24(31)27-20-16-25(2,3)30(32)26(4,5)17-20)28-29(21-14-10-7-11-15-21)23(18)19-12-8-6-9-13-19/h6-15,20,32H,16-17H2,1-5H3,(H,27,31). The maximum absolute atomic E-state index is 13.4. The van der Waals surface area contributed by atoms with E-state index in [0.717, 1.165) is 22.5 Å². The van der Waals surface area contributed by atoms with E-state index in [1.165, 1.54) is 5.06 Å². The number of hydrogen-bond acceptors (Lipinski definition) is 4. The van der Waals surface area contributed by atoms with Gasteiger partial charge in [0.25, 0.3) is 5.91 Å². The second-order valence-corrected chi connectivity index (χ2v) is 9.95. The fraction of sp³-hybridized carbons (Fsp3) is 0.385. The summed E-state index contributed by atoms with van der Waals surface area (Å²) in [5, 5.41) is 19.9. The highest BCUT2D eigenvalue weighted by Crippen LogP contribution is 2.37. The van der Waals surface area contributed by atoms with Crippen molar-refractivity contribution >= 4 is 5.91 Å². The Balaban J connectivity index is 1.70. The molecule has 1 saturated heterocycles. The average molecular weight is 433 g/mol. The van der Waals surface area contributed by atoms with Gasteiger partial charge in [-0.15, -0.1) is 0 Å². The molecule has 2 aromatic carbocycles. The first-order chi connectivity index (χ1) is 15.1. The van der Waals surface area contributed by atoms with Gasteiger partial charge in [-0.25, -0.2) is 4.68 Å². The number of para-hydroxylation sites is 1. The van der Waals surface area contributed by atoms with E-state index in [1.807, 2.05) is 100.0 Å². The molecule has 1 aliphatic heterocycles. The fourth-order valence-corrected chi connectivity index (χ4v) is 5.03. The van der Waals surface area contributed by atoms with Crippen LogP contribution in [0.4, 0.5) is 0 Å². The highest BCUT2D eigenvalue weighted by Gasteiger charge is 2.45. The van der Waals surface area contributed by atoms with Crippen LogP contribution < -0.4 is 5.32 Å². The minimum Gasteiger partial charge on any atom is -0.348 e. The summed E-state index contributed by atoms with van der Waals surface area (Å²) >= 11 is 0. The Bertz CT molecular complexity index is 1090. The van der Waals surface area contributed by atoms with E-state index in [-0.39, 0.29) is 11.9 Å². The van der Waals surface area contributed by atoms with Crippen molar-refractivity contribution in [3.63, 3.8) is 0 Å². The summed E-state index contributed by atoms with van der Waals surface area (Å²) in [4.78, 5) is 13.4. The highest BCUT2D eigenvalue weighted by atomic mass is 16.5. The van der Waals surface area contributed by atoms with Crippen LogP contribution in [0.25, 0.3) is 16.9 Å². The molecule has 1 amide bonds. The number of carbonyl (C=O) groups excluding carboxylic acids is 1. The van der Waals surface area contributed by atoms with Crippen LogP contribution in [0.3, 0.4) is 0 Å². The van der Waals surface area contributed by atoms with Crippen LogP contribution >= 0.6 is 0 Å². The Morgan fingerprint density at radius 2 is 1.50 bits per heavy atom. The molecule has 0 unspecified atom stereocenters. The molecular formula is C26H32N4O2. The van der Waals surface area contributed by atoms with Crippen LogP contribution in [-0.2, 0) is 0 Å². The molecule has 2 heterocycles. The minimum absolute atomic E-state index is 0.0580. The SMILES string of the molecule is Cc1c(C(=O)NC2CC(C)(C)N(O)C(C)(C)C2)nn(-c2ccccc2)c1-c1ccccc1. The normalized spacial score (nSPS) is 18.4. The largest absolute Gasteiger partial charge is 0.348 e. The third-order valence-corrected chi connectivity index (χ3v) is 6.36. The summed E-state index contributed by atoms with van der Waals surface area (Å²) in [7, 11) is 0. The van der Waals surface area contributed by atoms with Gasteiger partial charge in [-0.1, -0.05) is 48.5 Å². The van der Waals surface area contributed by atoms with E-state index in [9.17, 15) is 10.0 Å². The molecule has 0 radical (unpaired) electrons. The number of aromatic nitrogens is 2. The summed E-state index contributed by atoms with van der Waals surface area (Å²) < 4.78 is 1.85. The Hall–Kier alpha value is -2.96. The van der Waals surface area contributed by atoms with E-state index in [0.29, 0.717) is 18.5 Å². The van der Waals surface area contributed by atoms with Crippen molar-refractivity contribution in [1.29, 1.82) is 0 Å². The zero-order valence-corrected chi connectivity index (χ0v) is 19.5. The molecule has 1 aromatic heterocycles. The second kappa shape index (κ2) is 8.19. The Morgan fingerprint density at radius 1 is 0.969 bits per heavy atom. The zero-order chi connectivity index (χ0) is 23.1. The van der Waals surface area contributed by atoms with E-state index >= 15 is 0 Å². The average Bonchev–Trinajstić information content (AvgIpc) is 3.10. The molecule has 168 valence electrons. The molecule has 0 saturated carbocycles. The van der Waals surface area contributed by atoms with Crippen molar-refractivity contribution in [2.24, 2.45) is 0 Å². The molecule has 0 atom stereocenters. The van der Waals surface area contributed by atoms with Gasteiger partial charge in [0.1, 0.15) is 0 Å². The summed E-state index contributed by atoms with van der Waals surface area (Å²) in [5.74, 6) is -0.183. The molecule has 6 nitrogen and oxygen atoms in total. The van der Waals surface area contributed by atoms with Gasteiger partial charge in [-0.2, -0.15) is 10.2 Å². The lowest BCUT2D eigenvalue weighted by atomic mass is 9.79. The van der Waals surface area contributed by atoms with Crippen molar-refractivity contribution in [2.45, 2.75) is 64.6 Å². The lowest BCUT2D eigenvalue weighted by Gasteiger charge is -2.51. The third kappa shape index (κ3) is 4.08. The van der Waals surface area contributed by atoms with E-state index in [4.69, 9.17) is 5.10 Å². The zero-order valence-electron chi connectivity index (χ0n) is 19.5. The molecule has 0 spiro atoms. The first-order valence-corrected chi connectivity index (χ1v) is 11.1.